The minimum atomic E-state index is -2.80. The molecule has 0 aromatic heterocycles. The van der Waals surface area contributed by atoms with E-state index in [4.69, 9.17) is 5.73 Å². The summed E-state index contributed by atoms with van der Waals surface area (Å²) in [5, 5.41) is 0. The van der Waals surface area contributed by atoms with E-state index in [1.807, 2.05) is 14.0 Å². The molecule has 0 unspecified atom stereocenters. The third-order valence-electron chi connectivity index (χ3n) is 2.28. The predicted octanol–water partition coefficient (Wildman–Crippen LogP) is 2.05. The van der Waals surface area contributed by atoms with Gasteiger partial charge >= 0.3 is 6.61 Å². The van der Waals surface area contributed by atoms with Crippen LogP contribution in [0.15, 0.2) is 29.3 Å². The number of halogens is 2. The third kappa shape index (κ3) is 4.57. The highest BCUT2D eigenvalue weighted by atomic mass is 19.3. The van der Waals surface area contributed by atoms with E-state index in [9.17, 15) is 8.78 Å². The molecule has 100 valence electrons. The van der Waals surface area contributed by atoms with Crippen molar-refractivity contribution in [1.82, 2.24) is 4.90 Å². The normalized spacial score (nSPS) is 11.7. The van der Waals surface area contributed by atoms with Crippen LogP contribution in [-0.2, 0) is 6.54 Å². The summed E-state index contributed by atoms with van der Waals surface area (Å²) in [4.78, 5) is 5.86. The molecule has 1 aromatic carbocycles. The van der Waals surface area contributed by atoms with Crippen molar-refractivity contribution < 1.29 is 13.5 Å². The molecule has 0 saturated heterocycles. The number of rotatable bonds is 5. The average Bonchev–Trinajstić information content (AvgIpc) is 2.31. The lowest BCUT2D eigenvalue weighted by atomic mass is 10.2. The van der Waals surface area contributed by atoms with Gasteiger partial charge in [0.25, 0.3) is 0 Å². The number of hydrogen-bond donors (Lipinski definition) is 1. The van der Waals surface area contributed by atoms with Crippen LogP contribution in [0.1, 0.15) is 12.5 Å². The summed E-state index contributed by atoms with van der Waals surface area (Å²) in [6, 6.07) is 6.44. The van der Waals surface area contributed by atoms with Crippen molar-refractivity contribution in [2.45, 2.75) is 20.1 Å². The topological polar surface area (TPSA) is 50.8 Å². The second-order valence-corrected chi connectivity index (χ2v) is 3.71. The first-order chi connectivity index (χ1) is 8.52. The van der Waals surface area contributed by atoms with Crippen molar-refractivity contribution in [2.24, 2.45) is 10.7 Å². The molecular formula is C12H17F2N3O. The molecule has 0 aliphatic carbocycles. The van der Waals surface area contributed by atoms with Crippen LogP contribution in [0, 0.1) is 0 Å². The molecule has 1 rings (SSSR count). The minimum Gasteiger partial charge on any atom is -0.435 e. The van der Waals surface area contributed by atoms with Crippen molar-refractivity contribution in [3.8, 4) is 5.75 Å². The van der Waals surface area contributed by atoms with Crippen molar-refractivity contribution in [2.75, 3.05) is 13.6 Å². The van der Waals surface area contributed by atoms with Crippen LogP contribution in [0.2, 0.25) is 0 Å². The zero-order chi connectivity index (χ0) is 13.5. The van der Waals surface area contributed by atoms with Crippen LogP contribution in [-0.4, -0.2) is 31.1 Å². The van der Waals surface area contributed by atoms with Crippen LogP contribution in [0.5, 0.6) is 5.75 Å². The summed E-state index contributed by atoms with van der Waals surface area (Å²) >= 11 is 0. The standard InChI is InChI=1S/C12H17F2N3O/c1-3-16-12(15)17(2)8-9-4-6-10(7-5-9)18-11(13)14/h4-7,11H,3,8H2,1-2H3,(H2,15,16). The van der Waals surface area contributed by atoms with Crippen molar-refractivity contribution in [1.29, 1.82) is 0 Å². The number of nitrogens with zero attached hydrogens (tertiary/aromatic N) is 2. The molecule has 0 bridgehead atoms. The van der Waals surface area contributed by atoms with E-state index in [2.05, 4.69) is 9.73 Å². The molecule has 1 aromatic rings. The number of aliphatic imine (C=N–C) groups is 1. The molecule has 0 heterocycles. The predicted molar refractivity (Wildman–Crippen MR) is 66.7 cm³/mol. The molecule has 0 amide bonds. The SMILES string of the molecule is CCN=C(N)N(C)Cc1ccc(OC(F)F)cc1. The first-order valence-electron chi connectivity index (χ1n) is 5.57. The monoisotopic (exact) mass is 257 g/mol. The molecule has 0 spiro atoms. The number of ether oxygens (including phenoxy) is 1. The van der Waals surface area contributed by atoms with Gasteiger partial charge in [-0.3, -0.25) is 4.99 Å². The van der Waals surface area contributed by atoms with E-state index in [0.29, 0.717) is 19.0 Å². The molecule has 0 radical (unpaired) electrons. The van der Waals surface area contributed by atoms with Gasteiger partial charge in [0, 0.05) is 20.1 Å². The van der Waals surface area contributed by atoms with Crippen molar-refractivity contribution in [3.05, 3.63) is 29.8 Å². The summed E-state index contributed by atoms with van der Waals surface area (Å²) < 4.78 is 28.2. The van der Waals surface area contributed by atoms with E-state index in [-0.39, 0.29) is 5.75 Å². The number of benzene rings is 1. The van der Waals surface area contributed by atoms with Gasteiger partial charge in [-0.05, 0) is 24.6 Å². The fourth-order valence-corrected chi connectivity index (χ4v) is 1.41. The molecule has 6 heteroatoms. The molecule has 18 heavy (non-hydrogen) atoms. The maximum atomic E-state index is 12.0. The van der Waals surface area contributed by atoms with Crippen LogP contribution < -0.4 is 10.5 Å². The van der Waals surface area contributed by atoms with Gasteiger partial charge in [-0.2, -0.15) is 8.78 Å². The Labute approximate surface area is 105 Å². The van der Waals surface area contributed by atoms with E-state index >= 15 is 0 Å². The van der Waals surface area contributed by atoms with Crippen LogP contribution in [0.4, 0.5) is 8.78 Å². The van der Waals surface area contributed by atoms with Gasteiger partial charge < -0.3 is 15.4 Å². The van der Waals surface area contributed by atoms with Gasteiger partial charge in [0.15, 0.2) is 5.96 Å². The Morgan fingerprint density at radius 2 is 2.00 bits per heavy atom. The summed E-state index contributed by atoms with van der Waals surface area (Å²) in [5.74, 6) is 0.594. The van der Waals surface area contributed by atoms with Crippen LogP contribution in [0.3, 0.4) is 0 Å². The molecule has 0 aliphatic heterocycles. The van der Waals surface area contributed by atoms with E-state index in [0.717, 1.165) is 5.56 Å². The van der Waals surface area contributed by atoms with Gasteiger partial charge in [-0.15, -0.1) is 0 Å². The molecular weight excluding hydrogens is 240 g/mol. The van der Waals surface area contributed by atoms with E-state index < -0.39 is 6.61 Å². The smallest absolute Gasteiger partial charge is 0.387 e. The zero-order valence-electron chi connectivity index (χ0n) is 10.4. The Morgan fingerprint density at radius 3 is 2.50 bits per heavy atom. The Hall–Kier alpha value is -1.85. The van der Waals surface area contributed by atoms with Gasteiger partial charge in [0.2, 0.25) is 0 Å². The van der Waals surface area contributed by atoms with E-state index in [1.54, 1.807) is 17.0 Å². The highest BCUT2D eigenvalue weighted by Crippen LogP contribution is 2.15. The highest BCUT2D eigenvalue weighted by molar-refractivity contribution is 5.77. The second-order valence-electron chi connectivity index (χ2n) is 3.71. The Bertz CT molecular complexity index is 393. The van der Waals surface area contributed by atoms with Crippen LogP contribution in [0.25, 0.3) is 0 Å². The van der Waals surface area contributed by atoms with Crippen molar-refractivity contribution >= 4 is 5.96 Å². The maximum Gasteiger partial charge on any atom is 0.387 e. The second kappa shape index (κ2) is 6.78. The quantitative estimate of drug-likeness (QED) is 0.649. The molecule has 2 N–H and O–H groups in total. The summed E-state index contributed by atoms with van der Waals surface area (Å²) in [6.07, 6.45) is 0. The Morgan fingerprint density at radius 1 is 1.39 bits per heavy atom. The number of hydrogen-bond acceptors (Lipinski definition) is 2. The van der Waals surface area contributed by atoms with Gasteiger partial charge in [-0.1, -0.05) is 12.1 Å². The molecule has 4 nitrogen and oxygen atoms in total. The first-order valence-corrected chi connectivity index (χ1v) is 5.57. The molecule has 0 fully saturated rings. The van der Waals surface area contributed by atoms with Crippen molar-refractivity contribution in [3.63, 3.8) is 0 Å². The summed E-state index contributed by atoms with van der Waals surface area (Å²) in [7, 11) is 1.82. The lowest BCUT2D eigenvalue weighted by molar-refractivity contribution is -0.0498. The number of alkyl halides is 2. The van der Waals surface area contributed by atoms with Gasteiger partial charge in [0.05, 0.1) is 0 Å². The van der Waals surface area contributed by atoms with Crippen LogP contribution >= 0.6 is 0 Å². The first kappa shape index (κ1) is 14.2. The largest absolute Gasteiger partial charge is 0.435 e. The lowest BCUT2D eigenvalue weighted by Gasteiger charge is -2.18. The summed E-state index contributed by atoms with van der Waals surface area (Å²) in [6.45, 7) is 0.282. The molecule has 0 saturated carbocycles. The molecule has 0 aliphatic rings. The van der Waals surface area contributed by atoms with Gasteiger partial charge in [-0.25, -0.2) is 0 Å². The number of nitrogens with two attached hydrogens (primary N) is 1. The Balaban J connectivity index is 2.61. The number of guanidine groups is 1. The summed E-state index contributed by atoms with van der Waals surface area (Å²) in [5.41, 5.74) is 6.66. The lowest BCUT2D eigenvalue weighted by Crippen LogP contribution is -2.33. The third-order valence-corrected chi connectivity index (χ3v) is 2.28. The average molecular weight is 257 g/mol. The van der Waals surface area contributed by atoms with E-state index in [1.165, 1.54) is 12.1 Å². The minimum absolute atomic E-state index is 0.145. The molecule has 0 atom stereocenters. The fourth-order valence-electron chi connectivity index (χ4n) is 1.41. The van der Waals surface area contributed by atoms with Gasteiger partial charge in [0.1, 0.15) is 5.75 Å². The fraction of sp³-hybridized carbons (Fsp3) is 0.417. The Kier molecular flexibility index (Phi) is 5.35. The highest BCUT2D eigenvalue weighted by Gasteiger charge is 2.05. The maximum absolute atomic E-state index is 12.0. The zero-order valence-corrected chi connectivity index (χ0v) is 10.4.